The van der Waals surface area contributed by atoms with Crippen LogP contribution < -0.4 is 25.5 Å². The van der Waals surface area contributed by atoms with Crippen molar-refractivity contribution in [3.63, 3.8) is 0 Å². The summed E-state index contributed by atoms with van der Waals surface area (Å²) in [6.07, 6.45) is -11.1. The van der Waals surface area contributed by atoms with Gasteiger partial charge in [0, 0.05) is 12.6 Å². The third kappa shape index (κ3) is 6.34. The highest BCUT2D eigenvalue weighted by Gasteiger charge is 2.33. The Labute approximate surface area is 213 Å². The van der Waals surface area contributed by atoms with Crippen molar-refractivity contribution in [2.24, 2.45) is 7.05 Å². The number of hydrogen-bond acceptors (Lipinski definition) is 7. The fraction of sp³-hybridized carbons (Fsp3) is 0.261. The number of aromatic amines is 1. The second-order valence-electron chi connectivity index (χ2n) is 8.22. The molecule has 2 N–H and O–H groups in total. The molecule has 0 aliphatic rings. The van der Waals surface area contributed by atoms with Gasteiger partial charge in [0.1, 0.15) is 17.3 Å². The molecule has 16 heteroatoms. The molecule has 0 radical (unpaired) electrons. The number of fused-ring (bicyclic) bond motifs is 1. The molecule has 2 aromatic heterocycles. The molecule has 208 valence electrons. The van der Waals surface area contributed by atoms with Gasteiger partial charge in [-0.15, -0.1) is 26.3 Å². The molecule has 4 aromatic rings. The molecule has 1 unspecified atom stereocenters. The molecule has 0 fully saturated rings. The lowest BCUT2D eigenvalue weighted by Crippen LogP contribution is -2.33. The van der Waals surface area contributed by atoms with Crippen molar-refractivity contribution in [2.75, 3.05) is 0 Å². The van der Waals surface area contributed by atoms with E-state index in [1.54, 1.807) is 0 Å². The second-order valence-corrected chi connectivity index (χ2v) is 8.22. The highest BCUT2D eigenvalue weighted by molar-refractivity contribution is 5.77. The van der Waals surface area contributed by atoms with Crippen LogP contribution in [0.25, 0.3) is 22.6 Å². The predicted molar refractivity (Wildman–Crippen MR) is 123 cm³/mol. The molecular formula is C23H18F6N4O6. The van der Waals surface area contributed by atoms with E-state index in [4.69, 9.17) is 4.74 Å². The first-order valence-electron chi connectivity index (χ1n) is 10.9. The smallest absolute Gasteiger partial charge is 0.453 e. The Kier molecular flexibility index (Phi) is 7.08. The molecule has 0 spiro atoms. The van der Waals surface area contributed by atoms with Crippen LogP contribution in [0, 0.1) is 0 Å². The van der Waals surface area contributed by atoms with E-state index < -0.39 is 47.3 Å². The van der Waals surface area contributed by atoms with E-state index in [0.29, 0.717) is 0 Å². The summed E-state index contributed by atoms with van der Waals surface area (Å²) in [6.45, 7) is 1.19. The summed E-state index contributed by atoms with van der Waals surface area (Å²) in [5.41, 5.74) is -1.80. The van der Waals surface area contributed by atoms with Crippen LogP contribution in [-0.2, 0) is 13.6 Å². The van der Waals surface area contributed by atoms with Gasteiger partial charge in [0.15, 0.2) is 22.7 Å². The summed E-state index contributed by atoms with van der Waals surface area (Å²) in [4.78, 5) is 31.1. The van der Waals surface area contributed by atoms with Crippen LogP contribution in [0.3, 0.4) is 0 Å². The quantitative estimate of drug-likeness (QED) is 0.327. The Morgan fingerprint density at radius 2 is 1.56 bits per heavy atom. The highest BCUT2D eigenvalue weighted by Crippen LogP contribution is 2.39. The first kappa shape index (κ1) is 27.6. The molecule has 0 amide bonds. The van der Waals surface area contributed by atoms with Gasteiger partial charge >= 0.3 is 18.4 Å². The topological polar surface area (TPSA) is 121 Å². The van der Waals surface area contributed by atoms with Gasteiger partial charge in [-0.1, -0.05) is 0 Å². The van der Waals surface area contributed by atoms with Crippen LogP contribution in [0.5, 0.6) is 23.0 Å². The highest BCUT2D eigenvalue weighted by atomic mass is 19.4. The maximum atomic E-state index is 13.2. The standard InChI is InChI=1S/C23H18F6N4O6/c1-11(34)10-33-19-17(20(35)31-21(33)36)32(2)18(30-19)12-3-8-15(16(9-12)39-23(27,28)29)37-13-4-6-14(7-5-13)38-22(24,25)26/h3-9,11,34H,10H2,1-2H3,(H,31,35,36). The fourth-order valence-electron chi connectivity index (χ4n) is 3.71. The van der Waals surface area contributed by atoms with Crippen molar-refractivity contribution < 1.29 is 45.7 Å². The molecule has 0 aliphatic heterocycles. The number of aryl methyl sites for hydroxylation is 1. The fourth-order valence-corrected chi connectivity index (χ4v) is 3.71. The number of H-pyrrole nitrogens is 1. The lowest BCUT2D eigenvalue weighted by atomic mass is 10.2. The number of ether oxygens (including phenoxy) is 3. The van der Waals surface area contributed by atoms with E-state index in [1.165, 1.54) is 24.6 Å². The summed E-state index contributed by atoms with van der Waals surface area (Å²) in [5.74, 6) is -1.97. The summed E-state index contributed by atoms with van der Waals surface area (Å²) < 4.78 is 92.2. The van der Waals surface area contributed by atoms with Gasteiger partial charge in [-0.05, 0) is 49.4 Å². The maximum Gasteiger partial charge on any atom is 0.573 e. The zero-order chi connectivity index (χ0) is 28.7. The number of aliphatic hydroxyl groups is 1. The predicted octanol–water partition coefficient (Wildman–Crippen LogP) is 4.06. The van der Waals surface area contributed by atoms with Crippen molar-refractivity contribution in [2.45, 2.75) is 32.3 Å². The van der Waals surface area contributed by atoms with Crippen molar-refractivity contribution in [1.29, 1.82) is 0 Å². The second kappa shape index (κ2) is 10.0. The molecule has 0 aliphatic carbocycles. The molecule has 0 saturated carbocycles. The SMILES string of the molecule is CC(O)Cn1c(=O)[nH]c(=O)c2c1nc(-c1ccc(Oc3ccc(OC(F)(F)F)cc3)c(OC(F)(F)F)c1)n2C. The first-order valence-corrected chi connectivity index (χ1v) is 10.9. The first-order chi connectivity index (χ1) is 18.1. The van der Waals surface area contributed by atoms with Gasteiger partial charge in [-0.2, -0.15) is 0 Å². The number of nitrogens with one attached hydrogen (secondary N) is 1. The summed E-state index contributed by atoms with van der Waals surface area (Å²) in [5, 5.41) is 9.73. The molecule has 1 atom stereocenters. The molecule has 2 heterocycles. The lowest BCUT2D eigenvalue weighted by molar-refractivity contribution is -0.275. The van der Waals surface area contributed by atoms with Crippen LogP contribution in [0.2, 0.25) is 0 Å². The van der Waals surface area contributed by atoms with Crippen molar-refractivity contribution in [3.05, 3.63) is 63.3 Å². The number of aromatic nitrogens is 4. The van der Waals surface area contributed by atoms with Gasteiger partial charge < -0.3 is 23.9 Å². The van der Waals surface area contributed by atoms with E-state index in [0.717, 1.165) is 41.0 Å². The molecule has 2 aromatic carbocycles. The van der Waals surface area contributed by atoms with E-state index in [9.17, 15) is 41.0 Å². The number of benzene rings is 2. The van der Waals surface area contributed by atoms with Crippen molar-refractivity contribution in [1.82, 2.24) is 19.1 Å². The third-order valence-electron chi connectivity index (χ3n) is 5.17. The van der Waals surface area contributed by atoms with Crippen LogP contribution in [0.4, 0.5) is 26.3 Å². The van der Waals surface area contributed by atoms with Gasteiger partial charge in [-0.3, -0.25) is 14.3 Å². The number of nitrogens with zero attached hydrogens (tertiary/aromatic N) is 3. The number of hydrogen-bond donors (Lipinski definition) is 2. The zero-order valence-electron chi connectivity index (χ0n) is 19.9. The Morgan fingerprint density at radius 3 is 2.15 bits per heavy atom. The van der Waals surface area contributed by atoms with Gasteiger partial charge in [0.2, 0.25) is 0 Å². The van der Waals surface area contributed by atoms with E-state index >= 15 is 0 Å². The summed E-state index contributed by atoms with van der Waals surface area (Å²) >= 11 is 0. The molecule has 0 bridgehead atoms. The molecule has 0 saturated heterocycles. The Morgan fingerprint density at radius 1 is 0.949 bits per heavy atom. The van der Waals surface area contributed by atoms with Crippen molar-refractivity contribution >= 4 is 11.2 Å². The number of aliphatic hydroxyl groups excluding tert-OH is 1. The van der Waals surface area contributed by atoms with E-state index in [-0.39, 0.29) is 34.8 Å². The van der Waals surface area contributed by atoms with Gasteiger partial charge in [-0.25, -0.2) is 9.78 Å². The number of alkyl halides is 6. The molecule has 10 nitrogen and oxygen atoms in total. The minimum atomic E-state index is -5.15. The average Bonchev–Trinajstić information content (AvgIpc) is 3.14. The van der Waals surface area contributed by atoms with Crippen LogP contribution in [0.15, 0.2) is 52.1 Å². The van der Waals surface area contributed by atoms with E-state index in [2.05, 4.69) is 19.4 Å². The normalized spacial score (nSPS) is 12.9. The Balaban J connectivity index is 1.77. The number of rotatable bonds is 7. The molecular weight excluding hydrogens is 542 g/mol. The minimum Gasteiger partial charge on any atom is -0.453 e. The van der Waals surface area contributed by atoms with Crippen LogP contribution in [0.1, 0.15) is 6.92 Å². The third-order valence-corrected chi connectivity index (χ3v) is 5.17. The number of imidazole rings is 1. The average molecular weight is 560 g/mol. The number of halogens is 6. The molecule has 39 heavy (non-hydrogen) atoms. The minimum absolute atomic E-state index is 0.0207. The van der Waals surface area contributed by atoms with Crippen molar-refractivity contribution in [3.8, 4) is 34.4 Å². The largest absolute Gasteiger partial charge is 0.573 e. The van der Waals surface area contributed by atoms with Crippen LogP contribution >= 0.6 is 0 Å². The Bertz CT molecular complexity index is 1620. The van der Waals surface area contributed by atoms with Gasteiger partial charge in [0.05, 0.1) is 12.6 Å². The summed E-state index contributed by atoms with van der Waals surface area (Å²) in [6, 6.07) is 7.24. The summed E-state index contributed by atoms with van der Waals surface area (Å²) in [7, 11) is 1.40. The van der Waals surface area contributed by atoms with Crippen LogP contribution in [-0.4, -0.2) is 43.0 Å². The monoisotopic (exact) mass is 560 g/mol. The molecule has 4 rings (SSSR count). The Hall–Kier alpha value is -4.47. The zero-order valence-corrected chi connectivity index (χ0v) is 19.9. The maximum absolute atomic E-state index is 13.2. The van der Waals surface area contributed by atoms with E-state index in [1.807, 2.05) is 0 Å². The van der Waals surface area contributed by atoms with Gasteiger partial charge in [0.25, 0.3) is 5.56 Å². The lowest BCUT2D eigenvalue weighted by Gasteiger charge is -2.15.